The van der Waals surface area contributed by atoms with Gasteiger partial charge in [0.05, 0.1) is 19.8 Å². The first-order chi connectivity index (χ1) is 12.1. The highest BCUT2D eigenvalue weighted by Crippen LogP contribution is 2.25. The van der Waals surface area contributed by atoms with Crippen molar-refractivity contribution in [2.45, 2.75) is 32.2 Å². The topological polar surface area (TPSA) is 50.8 Å². The zero-order chi connectivity index (χ0) is 17.6. The molecule has 0 saturated carbocycles. The van der Waals surface area contributed by atoms with E-state index in [9.17, 15) is 4.79 Å². The van der Waals surface area contributed by atoms with Gasteiger partial charge in [-0.25, -0.2) is 0 Å². The van der Waals surface area contributed by atoms with E-state index in [1.807, 2.05) is 18.2 Å². The lowest BCUT2D eigenvalue weighted by Gasteiger charge is -2.36. The summed E-state index contributed by atoms with van der Waals surface area (Å²) in [5.41, 5.74) is 1.95. The van der Waals surface area contributed by atoms with Crippen LogP contribution in [-0.2, 0) is 9.47 Å². The fourth-order valence-electron chi connectivity index (χ4n) is 3.73. The number of amides is 1. The van der Waals surface area contributed by atoms with Crippen LogP contribution in [0.1, 0.15) is 42.1 Å². The monoisotopic (exact) mass is 346 g/mol. The maximum atomic E-state index is 12.6. The molecule has 25 heavy (non-hydrogen) atoms. The highest BCUT2D eigenvalue weighted by atomic mass is 16.5. The van der Waals surface area contributed by atoms with Crippen LogP contribution in [0.5, 0.6) is 0 Å². The molecule has 0 radical (unpaired) electrons. The van der Waals surface area contributed by atoms with Crippen LogP contribution >= 0.6 is 0 Å². The van der Waals surface area contributed by atoms with Crippen LogP contribution in [-0.4, -0.2) is 62.9 Å². The first kappa shape index (κ1) is 18.4. The minimum absolute atomic E-state index is 0.0136. The summed E-state index contributed by atoms with van der Waals surface area (Å²) in [6.45, 7) is 10.1. The molecule has 0 aromatic heterocycles. The van der Waals surface area contributed by atoms with Crippen molar-refractivity contribution in [3.8, 4) is 0 Å². The van der Waals surface area contributed by atoms with Crippen LogP contribution in [0.4, 0.5) is 0 Å². The Morgan fingerprint density at radius 3 is 2.72 bits per heavy atom. The number of hydrogen-bond donors (Lipinski definition) is 1. The van der Waals surface area contributed by atoms with Crippen molar-refractivity contribution < 1.29 is 14.3 Å². The first-order valence-corrected chi connectivity index (χ1v) is 9.43. The molecule has 2 aliphatic heterocycles. The predicted octanol–water partition coefficient (Wildman–Crippen LogP) is 2.28. The zero-order valence-electron chi connectivity index (χ0n) is 15.4. The summed E-state index contributed by atoms with van der Waals surface area (Å²) in [6.07, 6.45) is 1.04. The number of hydrogen-bond acceptors (Lipinski definition) is 4. The minimum atomic E-state index is 0.0136. The van der Waals surface area contributed by atoms with Crippen LogP contribution in [0.25, 0.3) is 0 Å². The molecule has 1 amide bonds. The number of nitrogens with one attached hydrogen (secondary N) is 1. The van der Waals surface area contributed by atoms with Gasteiger partial charge in [0.25, 0.3) is 5.91 Å². The molecule has 0 aliphatic carbocycles. The van der Waals surface area contributed by atoms with Crippen LogP contribution < -0.4 is 5.32 Å². The van der Waals surface area contributed by atoms with E-state index in [0.717, 1.165) is 51.5 Å². The van der Waals surface area contributed by atoms with Gasteiger partial charge < -0.3 is 14.8 Å². The number of carbonyl (C=O) groups is 1. The van der Waals surface area contributed by atoms with E-state index in [-0.39, 0.29) is 5.91 Å². The van der Waals surface area contributed by atoms with Gasteiger partial charge in [0, 0.05) is 43.8 Å². The van der Waals surface area contributed by atoms with Crippen molar-refractivity contribution in [2.24, 2.45) is 5.92 Å². The van der Waals surface area contributed by atoms with Gasteiger partial charge in [0.1, 0.15) is 0 Å². The van der Waals surface area contributed by atoms with Gasteiger partial charge in [-0.3, -0.25) is 9.69 Å². The summed E-state index contributed by atoms with van der Waals surface area (Å²) in [6, 6.07) is 8.34. The number of morpholine rings is 1. The minimum Gasteiger partial charge on any atom is -0.381 e. The molecule has 1 N–H and O–H groups in total. The highest BCUT2D eigenvalue weighted by Gasteiger charge is 2.24. The Bertz CT molecular complexity index is 564. The van der Waals surface area contributed by atoms with E-state index in [0.29, 0.717) is 24.4 Å². The molecule has 0 unspecified atom stereocenters. The largest absolute Gasteiger partial charge is 0.381 e. The van der Waals surface area contributed by atoms with E-state index in [4.69, 9.17) is 9.47 Å². The fourth-order valence-corrected chi connectivity index (χ4v) is 3.73. The second-order valence-electron chi connectivity index (χ2n) is 7.36. The average molecular weight is 346 g/mol. The number of nitrogens with zero attached hydrogens (tertiary/aromatic N) is 1. The number of ether oxygens (including phenoxy) is 2. The molecular weight excluding hydrogens is 316 g/mol. The fraction of sp³-hybridized carbons (Fsp3) is 0.650. The van der Waals surface area contributed by atoms with Crippen molar-refractivity contribution in [2.75, 3.05) is 46.1 Å². The summed E-state index contributed by atoms with van der Waals surface area (Å²) in [4.78, 5) is 15.1. The third-order valence-corrected chi connectivity index (χ3v) is 5.31. The maximum absolute atomic E-state index is 12.6. The lowest BCUT2D eigenvalue weighted by Crippen LogP contribution is -2.51. The number of carbonyl (C=O) groups excluding carboxylic acids is 1. The van der Waals surface area contributed by atoms with Crippen LogP contribution in [0.15, 0.2) is 24.3 Å². The molecule has 0 spiro atoms. The van der Waals surface area contributed by atoms with Crippen LogP contribution in [0, 0.1) is 5.92 Å². The van der Waals surface area contributed by atoms with Crippen molar-refractivity contribution >= 4 is 5.91 Å². The van der Waals surface area contributed by atoms with E-state index >= 15 is 0 Å². The molecule has 0 bridgehead atoms. The van der Waals surface area contributed by atoms with Gasteiger partial charge >= 0.3 is 0 Å². The maximum Gasteiger partial charge on any atom is 0.251 e. The molecule has 5 heteroatoms. The quantitative estimate of drug-likeness (QED) is 0.859. The smallest absolute Gasteiger partial charge is 0.251 e. The Balaban J connectivity index is 1.59. The lowest BCUT2D eigenvalue weighted by molar-refractivity contribution is 0.00672. The number of rotatable bonds is 6. The van der Waals surface area contributed by atoms with Crippen LogP contribution in [0.2, 0.25) is 0 Å². The van der Waals surface area contributed by atoms with Gasteiger partial charge in [0.2, 0.25) is 0 Å². The lowest BCUT2D eigenvalue weighted by atomic mass is 9.96. The molecule has 2 heterocycles. The highest BCUT2D eigenvalue weighted by molar-refractivity contribution is 5.94. The second kappa shape index (κ2) is 8.79. The summed E-state index contributed by atoms with van der Waals surface area (Å²) in [5, 5.41) is 3.14. The molecule has 1 aromatic rings. The Morgan fingerprint density at radius 2 is 2.04 bits per heavy atom. The van der Waals surface area contributed by atoms with E-state index in [1.165, 1.54) is 5.56 Å². The predicted molar refractivity (Wildman–Crippen MR) is 98.0 cm³/mol. The molecule has 2 atom stereocenters. The van der Waals surface area contributed by atoms with E-state index in [2.05, 4.69) is 30.1 Å². The summed E-state index contributed by atoms with van der Waals surface area (Å²) in [7, 11) is 0. The van der Waals surface area contributed by atoms with Gasteiger partial charge in [0.15, 0.2) is 0 Å². The summed E-state index contributed by atoms with van der Waals surface area (Å²) in [5.74, 6) is 0.921. The molecule has 2 saturated heterocycles. The van der Waals surface area contributed by atoms with Crippen molar-refractivity contribution in [3.05, 3.63) is 35.4 Å². The second-order valence-corrected chi connectivity index (χ2v) is 7.36. The van der Waals surface area contributed by atoms with E-state index in [1.54, 1.807) is 0 Å². The third kappa shape index (κ3) is 4.81. The molecule has 138 valence electrons. The zero-order valence-corrected chi connectivity index (χ0v) is 15.4. The SMILES string of the molecule is CC(C)[C@@H](CNC(=O)c1cccc([C@@H]2CCOC2)c1)N1CCOCC1. The molecule has 2 fully saturated rings. The first-order valence-electron chi connectivity index (χ1n) is 9.43. The van der Waals surface area contributed by atoms with Gasteiger partial charge in [-0.05, 0) is 30.0 Å². The number of benzene rings is 1. The normalized spacial score (nSPS) is 22.9. The molecular formula is C20H30N2O3. The Hall–Kier alpha value is -1.43. The van der Waals surface area contributed by atoms with Gasteiger partial charge in [-0.15, -0.1) is 0 Å². The van der Waals surface area contributed by atoms with Crippen molar-refractivity contribution in [3.63, 3.8) is 0 Å². The van der Waals surface area contributed by atoms with Gasteiger partial charge in [-0.1, -0.05) is 26.0 Å². The van der Waals surface area contributed by atoms with Gasteiger partial charge in [-0.2, -0.15) is 0 Å². The molecule has 5 nitrogen and oxygen atoms in total. The van der Waals surface area contributed by atoms with Crippen molar-refractivity contribution in [1.82, 2.24) is 10.2 Å². The standard InChI is InChI=1S/C20H30N2O3/c1-15(2)19(22-7-10-24-11-8-22)13-21-20(23)17-5-3-4-16(12-17)18-6-9-25-14-18/h3-5,12,15,18-19H,6-11,13-14H2,1-2H3,(H,21,23)/t18-,19-/m1/s1. The molecule has 1 aromatic carbocycles. The third-order valence-electron chi connectivity index (χ3n) is 5.31. The summed E-state index contributed by atoms with van der Waals surface area (Å²) >= 11 is 0. The Morgan fingerprint density at radius 1 is 1.24 bits per heavy atom. The Labute approximate surface area is 150 Å². The molecule has 3 rings (SSSR count). The Kier molecular flexibility index (Phi) is 6.45. The molecule has 2 aliphatic rings. The van der Waals surface area contributed by atoms with E-state index < -0.39 is 0 Å². The average Bonchev–Trinajstić information content (AvgIpc) is 3.17. The summed E-state index contributed by atoms with van der Waals surface area (Å²) < 4.78 is 10.9. The van der Waals surface area contributed by atoms with Crippen molar-refractivity contribution in [1.29, 1.82) is 0 Å². The van der Waals surface area contributed by atoms with Crippen LogP contribution in [0.3, 0.4) is 0 Å².